The lowest BCUT2D eigenvalue weighted by Gasteiger charge is -2.24. The predicted octanol–water partition coefficient (Wildman–Crippen LogP) is 0.692. The number of carbonyl (C=O) groups is 3. The number of halogens is 1. The normalized spacial score (nSPS) is 9.78. The third-order valence-corrected chi connectivity index (χ3v) is 1.96. The maximum atomic E-state index is 11.6. The fourth-order valence-electron chi connectivity index (χ4n) is 1.20. The molecule has 7 heteroatoms. The molecular weight excluding hydrogens is 262 g/mol. The van der Waals surface area contributed by atoms with Crippen molar-refractivity contribution in [1.29, 1.82) is 0 Å². The SMILES string of the molecule is C=C(Cl)CN(C=O)C(C(=O)OCC)C(=O)OCC. The van der Waals surface area contributed by atoms with Gasteiger partial charge in [0.2, 0.25) is 12.5 Å². The molecule has 0 aromatic carbocycles. The van der Waals surface area contributed by atoms with Crippen LogP contribution in [0.1, 0.15) is 13.8 Å². The van der Waals surface area contributed by atoms with Crippen LogP contribution in [-0.2, 0) is 23.9 Å². The molecule has 0 N–H and O–H groups in total. The van der Waals surface area contributed by atoms with E-state index in [9.17, 15) is 14.4 Å². The number of hydrogen-bond acceptors (Lipinski definition) is 5. The van der Waals surface area contributed by atoms with Crippen LogP contribution < -0.4 is 0 Å². The zero-order valence-corrected chi connectivity index (χ0v) is 11.1. The molecule has 0 aromatic rings. The van der Waals surface area contributed by atoms with Crippen molar-refractivity contribution in [3.63, 3.8) is 0 Å². The minimum absolute atomic E-state index is 0.0866. The van der Waals surface area contributed by atoms with Crippen LogP contribution in [-0.4, -0.2) is 49.0 Å². The zero-order valence-electron chi connectivity index (χ0n) is 10.3. The molecule has 0 bridgehead atoms. The van der Waals surface area contributed by atoms with Gasteiger partial charge in [0.05, 0.1) is 19.8 Å². The van der Waals surface area contributed by atoms with Crippen LogP contribution in [0.5, 0.6) is 0 Å². The Labute approximate surface area is 110 Å². The van der Waals surface area contributed by atoms with Gasteiger partial charge in [-0.3, -0.25) is 4.79 Å². The molecule has 0 aromatic heterocycles. The van der Waals surface area contributed by atoms with Crippen LogP contribution in [0.2, 0.25) is 0 Å². The van der Waals surface area contributed by atoms with Crippen LogP contribution >= 0.6 is 11.6 Å². The first kappa shape index (κ1) is 16.4. The Morgan fingerprint density at radius 1 is 1.28 bits per heavy atom. The third-order valence-electron chi connectivity index (χ3n) is 1.84. The van der Waals surface area contributed by atoms with E-state index in [4.69, 9.17) is 21.1 Å². The lowest BCUT2D eigenvalue weighted by molar-refractivity contribution is -0.165. The van der Waals surface area contributed by atoms with E-state index in [-0.39, 0.29) is 24.8 Å². The van der Waals surface area contributed by atoms with Gasteiger partial charge in [0.25, 0.3) is 0 Å². The van der Waals surface area contributed by atoms with Crippen molar-refractivity contribution in [1.82, 2.24) is 4.90 Å². The monoisotopic (exact) mass is 277 g/mol. The largest absolute Gasteiger partial charge is 0.464 e. The molecule has 0 heterocycles. The van der Waals surface area contributed by atoms with Crippen molar-refractivity contribution in [3.05, 3.63) is 11.6 Å². The van der Waals surface area contributed by atoms with Crippen molar-refractivity contribution in [2.24, 2.45) is 0 Å². The van der Waals surface area contributed by atoms with Crippen molar-refractivity contribution < 1.29 is 23.9 Å². The van der Waals surface area contributed by atoms with Gasteiger partial charge in [0.15, 0.2) is 0 Å². The molecule has 0 aliphatic rings. The molecule has 0 fully saturated rings. The fourth-order valence-corrected chi connectivity index (χ4v) is 1.33. The van der Waals surface area contributed by atoms with Crippen LogP contribution in [0.3, 0.4) is 0 Å². The van der Waals surface area contributed by atoms with E-state index in [1.54, 1.807) is 13.8 Å². The average molecular weight is 278 g/mol. The molecule has 0 aliphatic carbocycles. The second kappa shape index (κ2) is 8.52. The number of ether oxygens (including phenoxy) is 2. The van der Waals surface area contributed by atoms with Crippen LogP contribution in [0.15, 0.2) is 11.6 Å². The van der Waals surface area contributed by atoms with Gasteiger partial charge in [0, 0.05) is 5.03 Å². The first-order chi connectivity index (χ1) is 8.47. The Morgan fingerprint density at radius 3 is 2.00 bits per heavy atom. The Balaban J connectivity index is 5.02. The summed E-state index contributed by atoms with van der Waals surface area (Å²) in [7, 11) is 0. The molecule has 0 rings (SSSR count). The van der Waals surface area contributed by atoms with Gasteiger partial charge in [-0.05, 0) is 13.8 Å². The van der Waals surface area contributed by atoms with Crippen molar-refractivity contribution in [2.45, 2.75) is 19.9 Å². The summed E-state index contributed by atoms with van der Waals surface area (Å²) in [6, 6.07) is -1.46. The number of esters is 2. The van der Waals surface area contributed by atoms with Gasteiger partial charge in [-0.15, -0.1) is 0 Å². The Bertz CT molecular complexity index is 313. The summed E-state index contributed by atoms with van der Waals surface area (Å²) >= 11 is 5.56. The molecular formula is C11H16ClNO5. The van der Waals surface area contributed by atoms with Gasteiger partial charge in [0.1, 0.15) is 0 Å². The van der Waals surface area contributed by atoms with E-state index < -0.39 is 18.0 Å². The van der Waals surface area contributed by atoms with E-state index in [0.717, 1.165) is 4.90 Å². The summed E-state index contributed by atoms with van der Waals surface area (Å²) in [4.78, 5) is 35.1. The molecule has 0 aliphatic heterocycles. The molecule has 102 valence electrons. The first-order valence-electron chi connectivity index (χ1n) is 5.35. The summed E-state index contributed by atoms with van der Waals surface area (Å²) in [5.41, 5.74) is 0. The Kier molecular flexibility index (Phi) is 7.78. The molecule has 18 heavy (non-hydrogen) atoms. The standard InChI is InChI=1S/C11H16ClNO5/c1-4-17-10(15)9(11(16)18-5-2)13(7-14)6-8(3)12/h7,9H,3-6H2,1-2H3. The molecule has 0 saturated heterocycles. The quantitative estimate of drug-likeness (QED) is 0.371. The average Bonchev–Trinajstić information content (AvgIpc) is 2.28. The van der Waals surface area contributed by atoms with Gasteiger partial charge >= 0.3 is 11.9 Å². The van der Waals surface area contributed by atoms with Crippen LogP contribution in [0.25, 0.3) is 0 Å². The number of nitrogens with zero attached hydrogens (tertiary/aromatic N) is 1. The molecule has 0 atom stereocenters. The summed E-state index contributed by atoms with van der Waals surface area (Å²) in [6.07, 6.45) is 0.325. The molecule has 0 saturated carbocycles. The molecule has 0 radical (unpaired) electrons. The Hall–Kier alpha value is -1.56. The summed E-state index contributed by atoms with van der Waals surface area (Å²) in [5, 5.41) is 0.112. The highest BCUT2D eigenvalue weighted by Gasteiger charge is 2.35. The van der Waals surface area contributed by atoms with E-state index in [1.165, 1.54) is 0 Å². The third kappa shape index (κ3) is 5.18. The smallest absolute Gasteiger partial charge is 0.340 e. The number of carbonyl (C=O) groups excluding carboxylic acids is 3. The van der Waals surface area contributed by atoms with E-state index in [2.05, 4.69) is 6.58 Å². The highest BCUT2D eigenvalue weighted by molar-refractivity contribution is 6.29. The second-order valence-electron chi connectivity index (χ2n) is 3.20. The number of hydrogen-bond donors (Lipinski definition) is 0. The summed E-state index contributed by atoms with van der Waals surface area (Å²) in [5.74, 6) is -1.72. The van der Waals surface area contributed by atoms with Gasteiger partial charge in [-0.1, -0.05) is 18.2 Å². The van der Waals surface area contributed by atoms with Gasteiger partial charge in [-0.2, -0.15) is 0 Å². The first-order valence-corrected chi connectivity index (χ1v) is 5.73. The maximum Gasteiger partial charge on any atom is 0.340 e. The van der Waals surface area contributed by atoms with Gasteiger partial charge in [-0.25, -0.2) is 9.59 Å². The lowest BCUT2D eigenvalue weighted by atomic mass is 10.2. The summed E-state index contributed by atoms with van der Waals surface area (Å²) < 4.78 is 9.45. The predicted molar refractivity (Wildman–Crippen MR) is 64.8 cm³/mol. The van der Waals surface area contributed by atoms with Crippen LogP contribution in [0.4, 0.5) is 0 Å². The molecule has 6 nitrogen and oxygen atoms in total. The number of rotatable bonds is 8. The lowest BCUT2D eigenvalue weighted by Crippen LogP contribution is -2.48. The minimum Gasteiger partial charge on any atom is -0.464 e. The van der Waals surface area contributed by atoms with Crippen LogP contribution in [0, 0.1) is 0 Å². The fraction of sp³-hybridized carbons (Fsp3) is 0.545. The summed E-state index contributed by atoms with van der Waals surface area (Å²) in [6.45, 7) is 6.60. The zero-order chi connectivity index (χ0) is 14.1. The molecule has 0 unspecified atom stereocenters. The highest BCUT2D eigenvalue weighted by atomic mass is 35.5. The topological polar surface area (TPSA) is 72.9 Å². The minimum atomic E-state index is -1.46. The van der Waals surface area contributed by atoms with E-state index in [1.807, 2.05) is 0 Å². The highest BCUT2D eigenvalue weighted by Crippen LogP contribution is 2.08. The number of amides is 1. The van der Waals surface area contributed by atoms with Crippen molar-refractivity contribution in [3.8, 4) is 0 Å². The molecule has 0 spiro atoms. The van der Waals surface area contributed by atoms with Gasteiger partial charge < -0.3 is 14.4 Å². The second-order valence-corrected chi connectivity index (χ2v) is 3.74. The van der Waals surface area contributed by atoms with E-state index >= 15 is 0 Å². The van der Waals surface area contributed by atoms with Crippen molar-refractivity contribution >= 4 is 29.9 Å². The maximum absolute atomic E-state index is 11.6. The Morgan fingerprint density at radius 2 is 1.72 bits per heavy atom. The van der Waals surface area contributed by atoms with E-state index in [0.29, 0.717) is 6.41 Å². The van der Waals surface area contributed by atoms with Crippen molar-refractivity contribution in [2.75, 3.05) is 19.8 Å². The molecule has 1 amide bonds.